The molecule has 0 saturated carbocycles. The van der Waals surface area contributed by atoms with Crippen molar-refractivity contribution in [3.63, 3.8) is 0 Å². The Morgan fingerprint density at radius 3 is 2.64 bits per heavy atom. The van der Waals surface area contributed by atoms with Crippen LogP contribution in [0.15, 0.2) is 29.2 Å². The van der Waals surface area contributed by atoms with Crippen LogP contribution in [0.3, 0.4) is 0 Å². The minimum absolute atomic E-state index is 0.380. The van der Waals surface area contributed by atoms with E-state index in [4.69, 9.17) is 0 Å². The Kier molecular flexibility index (Phi) is 2.12. The molecule has 0 aromatic heterocycles. The van der Waals surface area contributed by atoms with Crippen LogP contribution in [0, 0.1) is 0 Å². The van der Waals surface area contributed by atoms with Gasteiger partial charge in [-0.05, 0) is 25.0 Å². The van der Waals surface area contributed by atoms with Crippen molar-refractivity contribution in [2.24, 2.45) is 0 Å². The van der Waals surface area contributed by atoms with E-state index in [1.54, 1.807) is 18.2 Å². The Labute approximate surface area is 83.3 Å². The van der Waals surface area contributed by atoms with Crippen molar-refractivity contribution in [3.8, 4) is 0 Å². The van der Waals surface area contributed by atoms with E-state index in [0.717, 1.165) is 5.56 Å². The zero-order chi connectivity index (χ0) is 10.3. The van der Waals surface area contributed by atoms with E-state index in [1.807, 2.05) is 6.07 Å². The molecule has 0 fully saturated rings. The van der Waals surface area contributed by atoms with E-state index in [-0.39, 0.29) is 0 Å². The highest BCUT2D eigenvalue weighted by atomic mass is 32.2. The second-order valence-corrected chi connectivity index (χ2v) is 5.77. The lowest BCUT2D eigenvalue weighted by Crippen LogP contribution is -2.29. The molecule has 0 amide bonds. The summed E-state index contributed by atoms with van der Waals surface area (Å²) < 4.78 is 23.7. The van der Waals surface area contributed by atoms with Crippen LogP contribution in [0.2, 0.25) is 0 Å². The lowest BCUT2D eigenvalue weighted by molar-refractivity contribution is 0.189. The fraction of sp³-hybridized carbons (Fsp3) is 0.400. The van der Waals surface area contributed by atoms with Crippen LogP contribution < -0.4 is 0 Å². The van der Waals surface area contributed by atoms with E-state index < -0.39 is 21.2 Å². The van der Waals surface area contributed by atoms with Gasteiger partial charge in [-0.1, -0.05) is 18.2 Å². The summed E-state index contributed by atoms with van der Waals surface area (Å²) in [5.41, 5.74) is 0.818. The summed E-state index contributed by atoms with van der Waals surface area (Å²) >= 11 is 0. The fourth-order valence-electron chi connectivity index (χ4n) is 1.87. The molecule has 1 N–H and O–H groups in total. The van der Waals surface area contributed by atoms with Gasteiger partial charge in [0.15, 0.2) is 9.84 Å². The number of rotatable bonds is 1. The minimum Gasteiger partial charge on any atom is -0.392 e. The molecule has 0 aliphatic carbocycles. The lowest BCUT2D eigenvalue weighted by atomic mass is 10.1. The maximum atomic E-state index is 11.9. The Hall–Kier alpha value is -0.870. The van der Waals surface area contributed by atoms with Crippen LogP contribution in [0.5, 0.6) is 0 Å². The fourth-order valence-corrected chi connectivity index (χ4v) is 3.90. The Morgan fingerprint density at radius 2 is 2.07 bits per heavy atom. The Morgan fingerprint density at radius 1 is 1.43 bits per heavy atom. The SMILES string of the molecule is CC(O)C1Cc2ccccc2S1(=O)=O. The van der Waals surface area contributed by atoms with Gasteiger partial charge in [0.05, 0.1) is 16.2 Å². The van der Waals surface area contributed by atoms with Crippen LogP contribution >= 0.6 is 0 Å². The molecule has 14 heavy (non-hydrogen) atoms. The van der Waals surface area contributed by atoms with Crippen LogP contribution in [-0.2, 0) is 16.3 Å². The predicted molar refractivity (Wildman–Crippen MR) is 52.8 cm³/mol. The maximum Gasteiger partial charge on any atom is 0.184 e. The summed E-state index contributed by atoms with van der Waals surface area (Å²) in [5, 5.41) is 8.71. The van der Waals surface area contributed by atoms with Gasteiger partial charge in [0.1, 0.15) is 0 Å². The summed E-state index contributed by atoms with van der Waals surface area (Å²) in [6.45, 7) is 1.52. The van der Waals surface area contributed by atoms with Gasteiger partial charge in [-0.2, -0.15) is 0 Å². The molecule has 1 aliphatic heterocycles. The summed E-state index contributed by atoms with van der Waals surface area (Å²) in [6, 6.07) is 6.93. The van der Waals surface area contributed by atoms with E-state index in [1.165, 1.54) is 6.92 Å². The normalized spacial score (nSPS) is 25.7. The van der Waals surface area contributed by atoms with Crippen LogP contribution in [0.25, 0.3) is 0 Å². The molecule has 1 heterocycles. The largest absolute Gasteiger partial charge is 0.392 e. The molecular formula is C10H12O3S. The molecule has 1 aromatic rings. The van der Waals surface area contributed by atoms with E-state index >= 15 is 0 Å². The molecule has 0 spiro atoms. The quantitative estimate of drug-likeness (QED) is 0.748. The predicted octanol–water partition coefficient (Wildman–Crippen LogP) is 0.766. The first-order valence-electron chi connectivity index (χ1n) is 4.53. The van der Waals surface area contributed by atoms with Crippen LogP contribution in [-0.4, -0.2) is 24.9 Å². The third-order valence-corrected chi connectivity index (χ3v) is 5.01. The molecule has 2 atom stereocenters. The van der Waals surface area contributed by atoms with Gasteiger partial charge in [0.2, 0.25) is 0 Å². The number of benzene rings is 1. The van der Waals surface area contributed by atoms with Crippen molar-refractivity contribution in [2.45, 2.75) is 29.6 Å². The van der Waals surface area contributed by atoms with Crippen molar-refractivity contribution in [3.05, 3.63) is 29.8 Å². The van der Waals surface area contributed by atoms with Gasteiger partial charge in [-0.15, -0.1) is 0 Å². The molecule has 3 nitrogen and oxygen atoms in total. The average molecular weight is 212 g/mol. The first kappa shape index (κ1) is 9.68. The maximum absolute atomic E-state index is 11.9. The first-order chi connectivity index (χ1) is 6.53. The number of hydrogen-bond donors (Lipinski definition) is 1. The third kappa shape index (κ3) is 1.26. The van der Waals surface area contributed by atoms with Gasteiger partial charge in [0, 0.05) is 0 Å². The monoisotopic (exact) mass is 212 g/mol. The number of aliphatic hydroxyl groups is 1. The number of fused-ring (bicyclic) bond motifs is 1. The van der Waals surface area contributed by atoms with Crippen molar-refractivity contribution >= 4 is 9.84 Å². The van der Waals surface area contributed by atoms with E-state index in [0.29, 0.717) is 11.3 Å². The van der Waals surface area contributed by atoms with Gasteiger partial charge in [-0.3, -0.25) is 0 Å². The van der Waals surface area contributed by atoms with Gasteiger partial charge in [-0.25, -0.2) is 8.42 Å². The zero-order valence-corrected chi connectivity index (χ0v) is 8.66. The number of aliphatic hydroxyl groups excluding tert-OH is 1. The highest BCUT2D eigenvalue weighted by Gasteiger charge is 2.39. The number of hydrogen-bond acceptors (Lipinski definition) is 3. The van der Waals surface area contributed by atoms with Gasteiger partial charge >= 0.3 is 0 Å². The molecular weight excluding hydrogens is 200 g/mol. The first-order valence-corrected chi connectivity index (χ1v) is 6.08. The molecule has 1 aromatic carbocycles. The molecule has 2 rings (SSSR count). The van der Waals surface area contributed by atoms with Crippen molar-refractivity contribution in [1.82, 2.24) is 0 Å². The summed E-state index contributed by atoms with van der Waals surface area (Å²) in [4.78, 5) is 0.380. The van der Waals surface area contributed by atoms with Gasteiger partial charge in [0.25, 0.3) is 0 Å². The second-order valence-electron chi connectivity index (χ2n) is 3.64. The molecule has 0 saturated heterocycles. The molecule has 76 valence electrons. The summed E-state index contributed by atoms with van der Waals surface area (Å²) in [7, 11) is -3.30. The van der Waals surface area contributed by atoms with E-state index in [9.17, 15) is 13.5 Å². The minimum atomic E-state index is -3.30. The summed E-state index contributed by atoms with van der Waals surface area (Å²) in [5.74, 6) is 0. The second kappa shape index (κ2) is 3.07. The topological polar surface area (TPSA) is 54.4 Å². The third-order valence-electron chi connectivity index (χ3n) is 2.64. The smallest absolute Gasteiger partial charge is 0.184 e. The van der Waals surface area contributed by atoms with Gasteiger partial charge < -0.3 is 5.11 Å². The molecule has 4 heteroatoms. The van der Waals surface area contributed by atoms with Crippen LogP contribution in [0.4, 0.5) is 0 Å². The zero-order valence-electron chi connectivity index (χ0n) is 7.84. The Bertz CT molecular complexity index is 448. The van der Waals surface area contributed by atoms with Crippen molar-refractivity contribution < 1.29 is 13.5 Å². The number of sulfone groups is 1. The van der Waals surface area contributed by atoms with Crippen molar-refractivity contribution in [2.75, 3.05) is 0 Å². The highest BCUT2D eigenvalue weighted by Crippen LogP contribution is 2.32. The van der Waals surface area contributed by atoms with Crippen molar-refractivity contribution in [1.29, 1.82) is 0 Å². The lowest BCUT2D eigenvalue weighted by Gasteiger charge is -2.11. The van der Waals surface area contributed by atoms with E-state index in [2.05, 4.69) is 0 Å². The van der Waals surface area contributed by atoms with Crippen LogP contribution in [0.1, 0.15) is 12.5 Å². The highest BCUT2D eigenvalue weighted by molar-refractivity contribution is 7.92. The Balaban J connectivity index is 2.57. The molecule has 0 bridgehead atoms. The standard InChI is InChI=1S/C10H12O3S/c1-7(11)10-6-8-4-2-3-5-9(8)14(10,12)13/h2-5,7,10-11H,6H2,1H3. The molecule has 1 aliphatic rings. The molecule has 2 unspecified atom stereocenters. The summed E-state index contributed by atoms with van der Waals surface area (Å²) in [6.07, 6.45) is -0.386. The molecule has 0 radical (unpaired) electrons. The average Bonchev–Trinajstić information content (AvgIpc) is 2.39.